The van der Waals surface area contributed by atoms with E-state index in [2.05, 4.69) is 5.32 Å². The average Bonchev–Trinajstić information content (AvgIpc) is 2.80. The first-order chi connectivity index (χ1) is 15.9. The lowest BCUT2D eigenvalue weighted by Gasteiger charge is -2.50. The molecule has 0 aromatic heterocycles. The van der Waals surface area contributed by atoms with Crippen LogP contribution in [0.25, 0.3) is 0 Å². The van der Waals surface area contributed by atoms with Crippen LogP contribution in [0.15, 0.2) is 48.5 Å². The maximum Gasteiger partial charge on any atom is 0.323 e. The normalized spacial score (nSPS) is 18.7. The molecule has 1 aliphatic rings. The molecule has 0 bridgehead atoms. The van der Waals surface area contributed by atoms with Gasteiger partial charge in [0.15, 0.2) is 12.8 Å². The summed E-state index contributed by atoms with van der Waals surface area (Å²) in [5, 5.41) is 4.09. The fourth-order valence-electron chi connectivity index (χ4n) is 3.63. The van der Waals surface area contributed by atoms with Gasteiger partial charge in [0.1, 0.15) is 17.5 Å². The monoisotopic (exact) mass is 494 g/mol. The molecule has 33 heavy (non-hydrogen) atoms. The van der Waals surface area contributed by atoms with E-state index in [4.69, 9.17) is 37.4 Å². The average molecular weight is 495 g/mol. The minimum absolute atomic E-state index is 0.0105. The Morgan fingerprint density at radius 1 is 1.03 bits per heavy atom. The summed E-state index contributed by atoms with van der Waals surface area (Å²) in [5.41, 5.74) is 0. The number of ether oxygens (including phenoxy) is 3. The third-order valence-corrected chi connectivity index (χ3v) is 5.84. The smallest absolute Gasteiger partial charge is 0.323 e. The first-order valence-electron chi connectivity index (χ1n) is 10.9. The van der Waals surface area contributed by atoms with Gasteiger partial charge in [-0.3, -0.25) is 14.5 Å². The number of hydrogen-bond acceptors (Lipinski definition) is 6. The Morgan fingerprint density at radius 2 is 1.64 bits per heavy atom. The molecule has 7 nitrogen and oxygen atoms in total. The molecular formula is C24H28Cl2N2O5. The predicted octanol–water partition coefficient (Wildman–Crippen LogP) is 4.17. The molecule has 3 atom stereocenters. The third-order valence-electron chi connectivity index (χ3n) is 5.34. The summed E-state index contributed by atoms with van der Waals surface area (Å²) >= 11 is 11.8. The molecule has 9 heteroatoms. The summed E-state index contributed by atoms with van der Waals surface area (Å²) in [7, 11) is 0. The van der Waals surface area contributed by atoms with Crippen molar-refractivity contribution in [2.45, 2.75) is 32.5 Å². The quantitative estimate of drug-likeness (QED) is 0.472. The Labute approximate surface area is 203 Å². The van der Waals surface area contributed by atoms with E-state index in [1.165, 1.54) is 0 Å². The highest BCUT2D eigenvalue weighted by Gasteiger charge is 2.46. The molecule has 1 saturated heterocycles. The number of carbonyl (C=O) groups is 2. The summed E-state index contributed by atoms with van der Waals surface area (Å²) in [4.78, 5) is 26.7. The zero-order chi connectivity index (χ0) is 23.8. The van der Waals surface area contributed by atoms with Crippen molar-refractivity contribution < 1.29 is 23.8 Å². The van der Waals surface area contributed by atoms with Gasteiger partial charge in [-0.2, -0.15) is 0 Å². The molecule has 3 unspecified atom stereocenters. The van der Waals surface area contributed by atoms with Gasteiger partial charge in [0.25, 0.3) is 5.91 Å². The van der Waals surface area contributed by atoms with E-state index in [0.717, 1.165) is 0 Å². The molecule has 0 spiro atoms. The van der Waals surface area contributed by atoms with Crippen LogP contribution in [0.2, 0.25) is 10.0 Å². The number of halogens is 2. The lowest BCUT2D eigenvalue weighted by atomic mass is 9.93. The van der Waals surface area contributed by atoms with Crippen LogP contribution in [-0.2, 0) is 14.3 Å². The topological polar surface area (TPSA) is 77.1 Å². The molecule has 2 aromatic carbocycles. The highest BCUT2D eigenvalue weighted by atomic mass is 35.5. The van der Waals surface area contributed by atoms with E-state index >= 15 is 0 Å². The Balaban J connectivity index is 1.59. The molecule has 1 amide bonds. The lowest BCUT2D eigenvalue weighted by Crippen LogP contribution is -2.66. The molecule has 0 radical (unpaired) electrons. The summed E-state index contributed by atoms with van der Waals surface area (Å²) < 4.78 is 16.9. The van der Waals surface area contributed by atoms with Gasteiger partial charge in [-0.15, -0.1) is 0 Å². The van der Waals surface area contributed by atoms with Crippen LogP contribution in [-0.4, -0.2) is 55.3 Å². The Morgan fingerprint density at radius 3 is 2.21 bits per heavy atom. The lowest BCUT2D eigenvalue weighted by molar-refractivity contribution is -0.173. The van der Waals surface area contributed by atoms with Crippen LogP contribution >= 0.6 is 23.2 Å². The molecule has 3 rings (SSSR count). The molecule has 178 valence electrons. The summed E-state index contributed by atoms with van der Waals surface area (Å²) in [6, 6.07) is 13.4. The highest BCUT2D eigenvalue weighted by molar-refractivity contribution is 6.30. The van der Waals surface area contributed by atoms with E-state index in [1.54, 1.807) is 55.5 Å². The number of esters is 1. The van der Waals surface area contributed by atoms with E-state index in [1.807, 2.05) is 11.8 Å². The van der Waals surface area contributed by atoms with Crippen LogP contribution in [0.4, 0.5) is 0 Å². The van der Waals surface area contributed by atoms with Gasteiger partial charge in [-0.05, 0) is 61.9 Å². The van der Waals surface area contributed by atoms with Crippen LogP contribution in [0.1, 0.15) is 20.3 Å². The molecule has 0 aliphatic carbocycles. The van der Waals surface area contributed by atoms with E-state index in [9.17, 15) is 9.59 Å². The number of amides is 1. The van der Waals surface area contributed by atoms with Crippen LogP contribution in [0.5, 0.6) is 11.5 Å². The second-order valence-corrected chi connectivity index (χ2v) is 8.51. The van der Waals surface area contributed by atoms with Gasteiger partial charge < -0.3 is 19.5 Å². The molecular weight excluding hydrogens is 467 g/mol. The van der Waals surface area contributed by atoms with Gasteiger partial charge in [0, 0.05) is 29.1 Å². The predicted molar refractivity (Wildman–Crippen MR) is 127 cm³/mol. The zero-order valence-corrected chi connectivity index (χ0v) is 20.1. The van der Waals surface area contributed by atoms with Gasteiger partial charge in [0.2, 0.25) is 0 Å². The molecule has 0 saturated carbocycles. The minimum atomic E-state index is -0.414. The van der Waals surface area contributed by atoms with Crippen molar-refractivity contribution in [2.75, 3.05) is 26.3 Å². The van der Waals surface area contributed by atoms with Crippen molar-refractivity contribution in [1.29, 1.82) is 0 Å². The maximum absolute atomic E-state index is 12.4. The minimum Gasteiger partial charge on any atom is -0.484 e. The summed E-state index contributed by atoms with van der Waals surface area (Å²) in [6.45, 7) is 4.90. The van der Waals surface area contributed by atoms with E-state index < -0.39 is 12.3 Å². The zero-order valence-electron chi connectivity index (χ0n) is 18.6. The Hall–Kier alpha value is -2.48. The standard InChI is InChI=1S/C24H28Cl2N2O5/c1-3-21(24(30)31-4-2)28-14-16(23(28)33-20-11-7-18(26)8-12-20)13-27-22(29)15-32-19-9-5-17(25)6-10-19/h5-12,16,21,23H,3-4,13-15H2,1-2H3,(H,27,29). The van der Waals surface area contributed by atoms with Crippen molar-refractivity contribution in [3.05, 3.63) is 58.6 Å². The van der Waals surface area contributed by atoms with E-state index in [0.29, 0.717) is 47.7 Å². The Bertz CT molecular complexity index is 923. The van der Waals surface area contributed by atoms with Crippen LogP contribution in [0.3, 0.4) is 0 Å². The fourth-order valence-corrected chi connectivity index (χ4v) is 3.89. The fraction of sp³-hybridized carbons (Fsp3) is 0.417. The number of nitrogens with zero attached hydrogens (tertiary/aromatic N) is 1. The SMILES string of the molecule is CCOC(=O)C(CC)N1CC(CNC(=O)COc2ccc(Cl)cc2)C1Oc1ccc(Cl)cc1. The third kappa shape index (κ3) is 7.00. The number of rotatable bonds is 11. The summed E-state index contributed by atoms with van der Waals surface area (Å²) in [6.07, 6.45) is 0.200. The van der Waals surface area contributed by atoms with Crippen molar-refractivity contribution in [3.63, 3.8) is 0 Å². The molecule has 2 aromatic rings. The van der Waals surface area contributed by atoms with Gasteiger partial charge in [-0.1, -0.05) is 30.1 Å². The Kier molecular flexibility index (Phi) is 9.23. The van der Waals surface area contributed by atoms with Crippen molar-refractivity contribution >= 4 is 35.1 Å². The largest absolute Gasteiger partial charge is 0.484 e. The number of carbonyl (C=O) groups excluding carboxylic acids is 2. The van der Waals surface area contributed by atoms with Crippen molar-refractivity contribution in [1.82, 2.24) is 10.2 Å². The van der Waals surface area contributed by atoms with E-state index in [-0.39, 0.29) is 24.4 Å². The van der Waals surface area contributed by atoms with Crippen molar-refractivity contribution in [2.24, 2.45) is 5.92 Å². The molecule has 1 aliphatic heterocycles. The number of likely N-dealkylation sites (tertiary alicyclic amines) is 1. The van der Waals surface area contributed by atoms with Gasteiger partial charge >= 0.3 is 5.97 Å². The van der Waals surface area contributed by atoms with Gasteiger partial charge in [0.05, 0.1) is 6.61 Å². The number of nitrogens with one attached hydrogen (secondary N) is 1. The first kappa shape index (κ1) is 25.1. The molecule has 1 N–H and O–H groups in total. The number of hydrogen-bond donors (Lipinski definition) is 1. The molecule has 1 fully saturated rings. The number of benzene rings is 2. The summed E-state index contributed by atoms with van der Waals surface area (Å²) in [5.74, 6) is 0.669. The second kappa shape index (κ2) is 12.1. The maximum atomic E-state index is 12.4. The van der Waals surface area contributed by atoms with Crippen molar-refractivity contribution in [3.8, 4) is 11.5 Å². The first-order valence-corrected chi connectivity index (χ1v) is 11.7. The van der Waals surface area contributed by atoms with Crippen LogP contribution < -0.4 is 14.8 Å². The van der Waals surface area contributed by atoms with Crippen LogP contribution in [0, 0.1) is 5.92 Å². The molecule has 1 heterocycles. The highest BCUT2D eigenvalue weighted by Crippen LogP contribution is 2.31. The second-order valence-electron chi connectivity index (χ2n) is 7.64. The van der Waals surface area contributed by atoms with Gasteiger partial charge in [-0.25, -0.2) is 0 Å².